The summed E-state index contributed by atoms with van der Waals surface area (Å²) in [6, 6.07) is 0. The molecular formula is C18H36O2. The molecule has 1 unspecified atom stereocenters. The van der Waals surface area contributed by atoms with Crippen LogP contribution in [0.2, 0.25) is 0 Å². The second kappa shape index (κ2) is 11.2. The van der Waals surface area contributed by atoms with E-state index in [1.165, 1.54) is 44.9 Å². The first kappa shape index (κ1) is 19.5. The number of aliphatic carboxylic acids is 1. The maximum absolute atomic E-state index is 11.4. The lowest BCUT2D eigenvalue weighted by Crippen LogP contribution is -2.33. The third-order valence-electron chi connectivity index (χ3n) is 4.63. The van der Waals surface area contributed by atoms with Crippen LogP contribution in [0.4, 0.5) is 0 Å². The van der Waals surface area contributed by atoms with Gasteiger partial charge in [0, 0.05) is 0 Å². The van der Waals surface area contributed by atoms with Crippen molar-refractivity contribution >= 4 is 5.97 Å². The fourth-order valence-electron chi connectivity index (χ4n) is 2.84. The quantitative estimate of drug-likeness (QED) is 0.418. The van der Waals surface area contributed by atoms with Crippen LogP contribution in [-0.4, -0.2) is 11.1 Å². The molecule has 0 aromatic rings. The lowest BCUT2D eigenvalue weighted by Gasteiger charge is -2.30. The van der Waals surface area contributed by atoms with Gasteiger partial charge in [0.2, 0.25) is 0 Å². The Morgan fingerprint density at radius 1 is 0.850 bits per heavy atom. The van der Waals surface area contributed by atoms with E-state index in [9.17, 15) is 9.90 Å². The summed E-state index contributed by atoms with van der Waals surface area (Å²) in [6.45, 7) is 8.22. The van der Waals surface area contributed by atoms with Crippen LogP contribution in [0, 0.1) is 11.3 Å². The first-order chi connectivity index (χ1) is 9.46. The number of carboxylic acids is 1. The minimum atomic E-state index is -0.637. The van der Waals surface area contributed by atoms with E-state index in [4.69, 9.17) is 0 Å². The van der Waals surface area contributed by atoms with Crippen molar-refractivity contribution in [1.82, 2.24) is 0 Å². The Balaban J connectivity index is 4.02. The largest absolute Gasteiger partial charge is 0.481 e. The molecule has 0 amide bonds. The van der Waals surface area contributed by atoms with Crippen molar-refractivity contribution in [2.45, 2.75) is 98.3 Å². The van der Waals surface area contributed by atoms with E-state index < -0.39 is 11.4 Å². The van der Waals surface area contributed by atoms with Crippen molar-refractivity contribution in [3.05, 3.63) is 0 Å². The molecule has 0 aromatic carbocycles. The fourth-order valence-corrected chi connectivity index (χ4v) is 2.84. The number of carboxylic acid groups (broad SMARTS) is 1. The molecule has 0 bridgehead atoms. The zero-order valence-corrected chi connectivity index (χ0v) is 14.2. The summed E-state index contributed by atoms with van der Waals surface area (Å²) < 4.78 is 0. The van der Waals surface area contributed by atoms with Crippen molar-refractivity contribution in [3.8, 4) is 0 Å². The van der Waals surface area contributed by atoms with E-state index in [2.05, 4.69) is 13.8 Å². The maximum atomic E-state index is 11.4. The average Bonchev–Trinajstić information content (AvgIpc) is 2.40. The summed E-state index contributed by atoms with van der Waals surface area (Å²) >= 11 is 0. The number of hydrogen-bond donors (Lipinski definition) is 1. The van der Waals surface area contributed by atoms with Crippen LogP contribution < -0.4 is 0 Å². The highest BCUT2D eigenvalue weighted by Gasteiger charge is 2.35. The third-order valence-corrected chi connectivity index (χ3v) is 4.63. The molecule has 0 saturated heterocycles. The molecule has 0 aliphatic heterocycles. The molecule has 0 aromatic heterocycles. The molecule has 0 spiro atoms. The third kappa shape index (κ3) is 7.91. The van der Waals surface area contributed by atoms with Gasteiger partial charge in [-0.05, 0) is 32.6 Å². The Kier molecular flexibility index (Phi) is 10.9. The molecule has 0 saturated carbocycles. The van der Waals surface area contributed by atoms with Gasteiger partial charge >= 0.3 is 5.97 Å². The van der Waals surface area contributed by atoms with Crippen LogP contribution in [0.3, 0.4) is 0 Å². The zero-order chi connectivity index (χ0) is 15.4. The molecular weight excluding hydrogens is 248 g/mol. The molecule has 0 aliphatic carbocycles. The second-order valence-electron chi connectivity index (χ2n) is 6.78. The Hall–Kier alpha value is -0.530. The van der Waals surface area contributed by atoms with Gasteiger partial charge in [-0.15, -0.1) is 0 Å². The minimum Gasteiger partial charge on any atom is -0.481 e. The molecule has 20 heavy (non-hydrogen) atoms. The van der Waals surface area contributed by atoms with Gasteiger partial charge in [0.15, 0.2) is 0 Å². The van der Waals surface area contributed by atoms with Crippen molar-refractivity contribution in [2.75, 3.05) is 0 Å². The van der Waals surface area contributed by atoms with Crippen LogP contribution in [0.1, 0.15) is 98.3 Å². The number of rotatable bonds is 13. The Bertz CT molecular complexity index is 246. The highest BCUT2D eigenvalue weighted by atomic mass is 16.4. The SMILES string of the molecule is CCCCCCCCCC(CCCC)C(C)(C)C(=O)O. The number of carbonyl (C=O) groups is 1. The Morgan fingerprint density at radius 2 is 1.30 bits per heavy atom. The van der Waals surface area contributed by atoms with Gasteiger partial charge in [-0.3, -0.25) is 4.79 Å². The fraction of sp³-hybridized carbons (Fsp3) is 0.944. The first-order valence-electron chi connectivity index (χ1n) is 8.70. The summed E-state index contributed by atoms with van der Waals surface area (Å²) in [6.07, 6.45) is 13.6. The standard InChI is InChI=1S/C18H36O2/c1-5-7-9-10-11-12-13-15-16(14-8-6-2)18(3,4)17(19)20/h16H,5-15H2,1-4H3,(H,19,20). The van der Waals surface area contributed by atoms with Gasteiger partial charge in [0.05, 0.1) is 5.41 Å². The maximum Gasteiger partial charge on any atom is 0.309 e. The molecule has 120 valence electrons. The topological polar surface area (TPSA) is 37.3 Å². The molecule has 1 N–H and O–H groups in total. The van der Waals surface area contributed by atoms with E-state index in [0.29, 0.717) is 5.92 Å². The van der Waals surface area contributed by atoms with Gasteiger partial charge < -0.3 is 5.11 Å². The smallest absolute Gasteiger partial charge is 0.309 e. The minimum absolute atomic E-state index is 0.329. The highest BCUT2D eigenvalue weighted by molar-refractivity contribution is 5.74. The van der Waals surface area contributed by atoms with E-state index in [1.54, 1.807) is 0 Å². The van der Waals surface area contributed by atoms with Crippen molar-refractivity contribution < 1.29 is 9.90 Å². The van der Waals surface area contributed by atoms with Crippen molar-refractivity contribution in [2.24, 2.45) is 11.3 Å². The summed E-state index contributed by atoms with van der Waals surface area (Å²) in [5, 5.41) is 9.41. The number of hydrogen-bond acceptors (Lipinski definition) is 1. The van der Waals surface area contributed by atoms with Gasteiger partial charge in [-0.2, -0.15) is 0 Å². The summed E-state index contributed by atoms with van der Waals surface area (Å²) in [5.74, 6) is -0.308. The zero-order valence-electron chi connectivity index (χ0n) is 14.2. The highest BCUT2D eigenvalue weighted by Crippen LogP contribution is 2.35. The number of unbranched alkanes of at least 4 members (excludes halogenated alkanes) is 7. The van der Waals surface area contributed by atoms with Crippen LogP contribution >= 0.6 is 0 Å². The van der Waals surface area contributed by atoms with Crippen molar-refractivity contribution in [3.63, 3.8) is 0 Å². The van der Waals surface area contributed by atoms with Crippen molar-refractivity contribution in [1.29, 1.82) is 0 Å². The molecule has 0 heterocycles. The van der Waals surface area contributed by atoms with Gasteiger partial charge in [0.1, 0.15) is 0 Å². The molecule has 0 fully saturated rings. The Morgan fingerprint density at radius 3 is 1.80 bits per heavy atom. The first-order valence-corrected chi connectivity index (χ1v) is 8.70. The average molecular weight is 284 g/mol. The van der Waals surface area contributed by atoms with Crippen LogP contribution in [-0.2, 0) is 4.79 Å². The van der Waals surface area contributed by atoms with Crippen LogP contribution in [0.25, 0.3) is 0 Å². The molecule has 0 rings (SSSR count). The normalized spacial score (nSPS) is 13.4. The lowest BCUT2D eigenvalue weighted by molar-refractivity contribution is -0.150. The lowest BCUT2D eigenvalue weighted by atomic mass is 9.73. The summed E-state index contributed by atoms with van der Waals surface area (Å²) in [7, 11) is 0. The summed E-state index contributed by atoms with van der Waals surface area (Å²) in [4.78, 5) is 11.4. The molecule has 2 nitrogen and oxygen atoms in total. The molecule has 1 atom stereocenters. The Labute approximate surface area is 126 Å². The predicted molar refractivity (Wildman–Crippen MR) is 87.0 cm³/mol. The molecule has 0 aliphatic rings. The van der Waals surface area contributed by atoms with E-state index >= 15 is 0 Å². The second-order valence-corrected chi connectivity index (χ2v) is 6.78. The van der Waals surface area contributed by atoms with E-state index in [-0.39, 0.29) is 0 Å². The van der Waals surface area contributed by atoms with Gasteiger partial charge in [-0.25, -0.2) is 0 Å². The van der Waals surface area contributed by atoms with Gasteiger partial charge in [0.25, 0.3) is 0 Å². The van der Waals surface area contributed by atoms with Gasteiger partial charge in [-0.1, -0.05) is 71.6 Å². The predicted octanol–water partition coefficient (Wildman–Crippen LogP) is 6.04. The van der Waals surface area contributed by atoms with E-state index in [1.807, 2.05) is 13.8 Å². The van der Waals surface area contributed by atoms with Crippen LogP contribution in [0.5, 0.6) is 0 Å². The molecule has 2 heteroatoms. The van der Waals surface area contributed by atoms with Crippen LogP contribution in [0.15, 0.2) is 0 Å². The van der Waals surface area contributed by atoms with E-state index in [0.717, 1.165) is 25.7 Å². The summed E-state index contributed by atoms with van der Waals surface area (Å²) in [5.41, 5.74) is -0.572. The monoisotopic (exact) mass is 284 g/mol. The molecule has 0 radical (unpaired) electrons.